The Bertz CT molecular complexity index is 1340. The average Bonchev–Trinajstić information content (AvgIpc) is 3.06. The van der Waals surface area contributed by atoms with E-state index in [0.717, 1.165) is 22.3 Å². The summed E-state index contributed by atoms with van der Waals surface area (Å²) in [6.07, 6.45) is 2.01. The summed E-state index contributed by atoms with van der Waals surface area (Å²) in [5, 5.41) is 3.59. The zero-order chi connectivity index (χ0) is 18.7. The second-order valence-electron chi connectivity index (χ2n) is 7.43. The van der Waals surface area contributed by atoms with E-state index in [2.05, 4.69) is 86.7 Å². The van der Waals surface area contributed by atoms with Gasteiger partial charge in [0.05, 0.1) is 23.1 Å². The van der Waals surface area contributed by atoms with Gasteiger partial charge in [-0.3, -0.25) is 0 Å². The van der Waals surface area contributed by atoms with Crippen molar-refractivity contribution < 1.29 is 20.1 Å². The number of hydrogen-bond acceptors (Lipinski definition) is 1. The smallest absolute Gasteiger partial charge is 0.0889 e. The number of aromatic nitrogens is 2. The van der Waals surface area contributed by atoms with E-state index in [4.69, 9.17) is 4.98 Å². The molecule has 0 fully saturated rings. The van der Waals surface area contributed by atoms with Crippen LogP contribution in [0.4, 0.5) is 0 Å². The van der Waals surface area contributed by atoms with Crippen LogP contribution < -0.4 is 0 Å². The van der Waals surface area contributed by atoms with Gasteiger partial charge in [0.2, 0.25) is 0 Å². The van der Waals surface area contributed by atoms with Crippen LogP contribution in [0.25, 0.3) is 38.6 Å². The summed E-state index contributed by atoms with van der Waals surface area (Å²) in [7, 11) is 0. The largest absolute Gasteiger partial charge is 0.302 e. The molecule has 28 heavy (non-hydrogen) atoms. The van der Waals surface area contributed by atoms with Crippen LogP contribution in [0.15, 0.2) is 60.8 Å². The van der Waals surface area contributed by atoms with E-state index >= 15 is 0 Å². The molecule has 0 aliphatic carbocycles. The first-order valence-electron chi connectivity index (χ1n) is 9.27. The monoisotopic (exact) mass is 542 g/mol. The van der Waals surface area contributed by atoms with E-state index in [0.29, 0.717) is 0 Å². The maximum absolute atomic E-state index is 4.86. The molecule has 0 N–H and O–H groups in total. The summed E-state index contributed by atoms with van der Waals surface area (Å²) in [4.78, 5) is 4.86. The van der Waals surface area contributed by atoms with Gasteiger partial charge in [0.15, 0.2) is 0 Å². The Morgan fingerprint density at radius 1 is 0.857 bits per heavy atom. The molecule has 0 aliphatic heterocycles. The fourth-order valence-corrected chi connectivity index (χ4v) is 4.32. The summed E-state index contributed by atoms with van der Waals surface area (Å²) in [6.45, 7) is 10.8. The first-order chi connectivity index (χ1) is 13.1. The van der Waals surface area contributed by atoms with Crippen LogP contribution in [0.1, 0.15) is 22.3 Å². The number of aryl methyl sites for hydroxylation is 3. The van der Waals surface area contributed by atoms with E-state index < -0.39 is 0 Å². The average molecular weight is 542 g/mol. The number of benzene rings is 3. The van der Waals surface area contributed by atoms with Gasteiger partial charge in [-0.2, -0.15) is 18.6 Å². The van der Waals surface area contributed by atoms with Crippen LogP contribution in [0.5, 0.6) is 0 Å². The summed E-state index contributed by atoms with van der Waals surface area (Å²) in [6, 6.07) is 19.4. The molecular formula is C25H21IrN2-. The van der Waals surface area contributed by atoms with Crippen LogP contribution in [0.2, 0.25) is 0 Å². The van der Waals surface area contributed by atoms with Gasteiger partial charge < -0.3 is 4.40 Å². The molecular weight excluding hydrogens is 521 g/mol. The Labute approximate surface area is 178 Å². The molecule has 0 unspecified atom stereocenters. The standard InChI is InChI=1S/C25H21N2.Ir/c1-15-11-12-21-20(13-15)19-10-6-9-18(4)24(19)25-26-14-22(27(21)25)23-16(2)7-5-8-17(23)3;/h5-14H,4H2,1-3H3;/q-1;. The number of nitrogens with zero attached hydrogens (tertiary/aromatic N) is 2. The minimum Gasteiger partial charge on any atom is -0.302 e. The SMILES string of the molecule is [CH2-]c1cccc2c3cc(C)ccc3n3c(-c4c(C)cccc4C)cnc3c12.[Ir]. The number of imidazole rings is 1. The predicted molar refractivity (Wildman–Crippen MR) is 114 cm³/mol. The Kier molecular flexibility index (Phi) is 4.53. The van der Waals surface area contributed by atoms with Crippen LogP contribution >= 0.6 is 0 Å². The van der Waals surface area contributed by atoms with E-state index in [1.807, 2.05) is 6.20 Å². The molecule has 0 atom stereocenters. The molecule has 0 spiro atoms. The minimum absolute atomic E-state index is 0. The summed E-state index contributed by atoms with van der Waals surface area (Å²) < 4.78 is 2.31. The molecule has 3 heteroatoms. The van der Waals surface area contributed by atoms with E-state index in [1.165, 1.54) is 38.5 Å². The van der Waals surface area contributed by atoms with Gasteiger partial charge in [0.25, 0.3) is 0 Å². The topological polar surface area (TPSA) is 17.3 Å². The number of rotatable bonds is 1. The van der Waals surface area contributed by atoms with Gasteiger partial charge in [-0.05, 0) is 43.4 Å². The third kappa shape index (κ3) is 2.58. The van der Waals surface area contributed by atoms with Crippen molar-refractivity contribution in [3.05, 3.63) is 90.0 Å². The van der Waals surface area contributed by atoms with Gasteiger partial charge in [0.1, 0.15) is 0 Å². The van der Waals surface area contributed by atoms with Crippen molar-refractivity contribution in [2.75, 3.05) is 0 Å². The third-order valence-corrected chi connectivity index (χ3v) is 5.56. The van der Waals surface area contributed by atoms with Gasteiger partial charge in [-0.15, -0.1) is 6.07 Å². The number of fused-ring (bicyclic) bond motifs is 6. The molecule has 0 saturated heterocycles. The molecule has 0 bridgehead atoms. The zero-order valence-electron chi connectivity index (χ0n) is 16.2. The van der Waals surface area contributed by atoms with Crippen molar-refractivity contribution in [1.82, 2.24) is 9.38 Å². The Balaban J connectivity index is 0.00000192. The Morgan fingerprint density at radius 2 is 1.57 bits per heavy atom. The quantitative estimate of drug-likeness (QED) is 0.177. The van der Waals surface area contributed by atoms with E-state index in [-0.39, 0.29) is 20.1 Å². The minimum atomic E-state index is 0. The molecule has 5 aromatic rings. The molecule has 141 valence electrons. The third-order valence-electron chi connectivity index (χ3n) is 5.56. The molecule has 1 radical (unpaired) electrons. The molecule has 3 aromatic carbocycles. The zero-order valence-corrected chi connectivity index (χ0v) is 18.6. The van der Waals surface area contributed by atoms with Gasteiger partial charge in [-0.1, -0.05) is 52.7 Å². The van der Waals surface area contributed by atoms with Crippen LogP contribution in [-0.4, -0.2) is 9.38 Å². The van der Waals surface area contributed by atoms with Crippen LogP contribution in [0, 0.1) is 27.7 Å². The first-order valence-corrected chi connectivity index (χ1v) is 9.27. The molecule has 0 amide bonds. The molecule has 0 saturated carbocycles. The first kappa shape index (κ1) is 18.7. The maximum atomic E-state index is 4.86. The Morgan fingerprint density at radius 3 is 2.32 bits per heavy atom. The van der Waals surface area contributed by atoms with Gasteiger partial charge in [-0.25, -0.2) is 4.98 Å². The normalized spacial score (nSPS) is 11.2. The molecule has 2 aromatic heterocycles. The van der Waals surface area contributed by atoms with Crippen LogP contribution in [-0.2, 0) is 20.1 Å². The second kappa shape index (κ2) is 6.77. The van der Waals surface area contributed by atoms with Crippen molar-refractivity contribution in [1.29, 1.82) is 0 Å². The van der Waals surface area contributed by atoms with Crippen LogP contribution in [0.3, 0.4) is 0 Å². The van der Waals surface area contributed by atoms with E-state index in [9.17, 15) is 0 Å². The number of hydrogen-bond donors (Lipinski definition) is 0. The van der Waals surface area contributed by atoms with Crippen molar-refractivity contribution in [3.63, 3.8) is 0 Å². The molecule has 0 aliphatic rings. The maximum Gasteiger partial charge on any atom is 0.0889 e. The Hall–Kier alpha value is -2.61. The molecule has 2 nitrogen and oxygen atoms in total. The molecule has 2 heterocycles. The number of pyridine rings is 1. The fourth-order valence-electron chi connectivity index (χ4n) is 4.32. The summed E-state index contributed by atoms with van der Waals surface area (Å²) >= 11 is 0. The van der Waals surface area contributed by atoms with Crippen molar-refractivity contribution in [2.24, 2.45) is 0 Å². The second-order valence-corrected chi connectivity index (χ2v) is 7.43. The van der Waals surface area contributed by atoms with Crippen molar-refractivity contribution >= 4 is 27.3 Å². The predicted octanol–water partition coefficient (Wildman–Crippen LogP) is 6.41. The summed E-state index contributed by atoms with van der Waals surface area (Å²) in [5.41, 5.74) is 9.35. The van der Waals surface area contributed by atoms with E-state index in [1.54, 1.807) is 0 Å². The van der Waals surface area contributed by atoms with Gasteiger partial charge in [0, 0.05) is 25.7 Å². The fraction of sp³-hybridized carbons (Fsp3) is 0.120. The van der Waals surface area contributed by atoms with Crippen molar-refractivity contribution in [3.8, 4) is 11.3 Å². The van der Waals surface area contributed by atoms with Crippen molar-refractivity contribution in [2.45, 2.75) is 20.8 Å². The summed E-state index contributed by atoms with van der Waals surface area (Å²) in [5.74, 6) is 0. The van der Waals surface area contributed by atoms with Gasteiger partial charge >= 0.3 is 0 Å². The molecule has 5 rings (SSSR count).